The van der Waals surface area contributed by atoms with Crippen molar-refractivity contribution < 1.29 is 0 Å². The summed E-state index contributed by atoms with van der Waals surface area (Å²) in [5.41, 5.74) is 2.17. The number of aromatic nitrogens is 1. The third kappa shape index (κ3) is 2.85. The molecule has 1 aliphatic heterocycles. The minimum absolute atomic E-state index is 0.588. The lowest BCUT2D eigenvalue weighted by molar-refractivity contribution is 0.264. The zero-order valence-electron chi connectivity index (χ0n) is 10.0. The Morgan fingerprint density at radius 1 is 1.25 bits per heavy atom. The van der Waals surface area contributed by atoms with E-state index in [0.29, 0.717) is 6.04 Å². The van der Waals surface area contributed by atoms with Crippen LogP contribution in [0.4, 0.5) is 11.4 Å². The first-order valence-electron chi connectivity index (χ1n) is 5.86. The lowest BCUT2D eigenvalue weighted by Gasteiger charge is -2.30. The lowest BCUT2D eigenvalue weighted by Crippen LogP contribution is -2.36. The smallest absolute Gasteiger partial charge is 0.0549 e. The summed E-state index contributed by atoms with van der Waals surface area (Å²) in [6.45, 7) is 2.35. The highest BCUT2D eigenvalue weighted by molar-refractivity contribution is 5.54. The molecule has 0 radical (unpaired) electrons. The zero-order valence-corrected chi connectivity index (χ0v) is 10.0. The van der Waals surface area contributed by atoms with Crippen LogP contribution in [0.15, 0.2) is 18.5 Å². The molecular formula is C12H20N4. The van der Waals surface area contributed by atoms with Crippen LogP contribution in [-0.4, -0.2) is 43.1 Å². The van der Waals surface area contributed by atoms with Crippen LogP contribution in [0, 0.1) is 0 Å². The van der Waals surface area contributed by atoms with E-state index in [9.17, 15) is 0 Å². The number of nitrogens with one attached hydrogen (secondary N) is 2. The second-order valence-corrected chi connectivity index (χ2v) is 4.43. The highest BCUT2D eigenvalue weighted by Crippen LogP contribution is 2.17. The van der Waals surface area contributed by atoms with Crippen molar-refractivity contribution in [3.8, 4) is 0 Å². The Bertz CT molecular complexity index is 332. The van der Waals surface area contributed by atoms with Crippen LogP contribution in [0.5, 0.6) is 0 Å². The highest BCUT2D eigenvalue weighted by Gasteiger charge is 2.16. The second-order valence-electron chi connectivity index (χ2n) is 4.43. The first-order chi connectivity index (χ1) is 7.78. The summed E-state index contributed by atoms with van der Waals surface area (Å²) in [6.07, 6.45) is 6.14. The van der Waals surface area contributed by atoms with Gasteiger partial charge in [-0.2, -0.15) is 0 Å². The zero-order chi connectivity index (χ0) is 11.4. The Balaban J connectivity index is 1.93. The Kier molecular flexibility index (Phi) is 3.62. The van der Waals surface area contributed by atoms with Crippen LogP contribution in [0.1, 0.15) is 12.8 Å². The van der Waals surface area contributed by atoms with Crippen LogP contribution >= 0.6 is 0 Å². The van der Waals surface area contributed by atoms with E-state index in [-0.39, 0.29) is 0 Å². The van der Waals surface area contributed by atoms with Crippen molar-refractivity contribution in [3.63, 3.8) is 0 Å². The Morgan fingerprint density at radius 3 is 2.62 bits per heavy atom. The molecule has 16 heavy (non-hydrogen) atoms. The first-order valence-corrected chi connectivity index (χ1v) is 5.86. The van der Waals surface area contributed by atoms with Gasteiger partial charge in [0.2, 0.25) is 0 Å². The fourth-order valence-electron chi connectivity index (χ4n) is 2.04. The number of pyridine rings is 1. The number of anilines is 2. The van der Waals surface area contributed by atoms with Crippen molar-refractivity contribution in [2.24, 2.45) is 0 Å². The molecule has 0 bridgehead atoms. The summed E-state index contributed by atoms with van der Waals surface area (Å²) in [5, 5.41) is 6.65. The van der Waals surface area contributed by atoms with E-state index in [1.807, 2.05) is 19.4 Å². The first kappa shape index (κ1) is 11.2. The van der Waals surface area contributed by atoms with Gasteiger partial charge in [-0.05, 0) is 39.0 Å². The largest absolute Gasteiger partial charge is 0.387 e. The molecule has 0 aromatic carbocycles. The van der Waals surface area contributed by atoms with E-state index in [1.165, 1.54) is 25.9 Å². The van der Waals surface area contributed by atoms with Crippen LogP contribution in [0.2, 0.25) is 0 Å². The fraction of sp³-hybridized carbons (Fsp3) is 0.583. The molecule has 4 nitrogen and oxygen atoms in total. The van der Waals surface area contributed by atoms with Gasteiger partial charge < -0.3 is 15.5 Å². The topological polar surface area (TPSA) is 40.2 Å². The maximum Gasteiger partial charge on any atom is 0.0549 e. The van der Waals surface area contributed by atoms with Crippen molar-refractivity contribution >= 4 is 11.4 Å². The molecule has 0 amide bonds. The quantitative estimate of drug-likeness (QED) is 0.812. The van der Waals surface area contributed by atoms with E-state index in [4.69, 9.17) is 0 Å². The van der Waals surface area contributed by atoms with Crippen molar-refractivity contribution in [2.75, 3.05) is 37.8 Å². The van der Waals surface area contributed by atoms with E-state index in [2.05, 4.69) is 33.6 Å². The second kappa shape index (κ2) is 5.16. The van der Waals surface area contributed by atoms with Crippen molar-refractivity contribution in [1.29, 1.82) is 0 Å². The summed E-state index contributed by atoms with van der Waals surface area (Å²) >= 11 is 0. The third-order valence-electron chi connectivity index (χ3n) is 3.12. The molecule has 0 saturated carbocycles. The Hall–Kier alpha value is -1.29. The molecule has 2 heterocycles. The molecule has 0 spiro atoms. The van der Waals surface area contributed by atoms with Gasteiger partial charge >= 0.3 is 0 Å². The number of nitrogens with zero attached hydrogens (tertiary/aromatic N) is 2. The Morgan fingerprint density at radius 2 is 1.94 bits per heavy atom. The lowest BCUT2D eigenvalue weighted by atomic mass is 10.1. The summed E-state index contributed by atoms with van der Waals surface area (Å²) < 4.78 is 0. The SMILES string of the molecule is CNc1cncc(NC2CCN(C)CC2)c1. The molecule has 1 fully saturated rings. The van der Waals surface area contributed by atoms with Crippen molar-refractivity contribution in [1.82, 2.24) is 9.88 Å². The molecule has 88 valence electrons. The number of piperidine rings is 1. The molecule has 4 heteroatoms. The molecule has 0 atom stereocenters. The minimum atomic E-state index is 0.588. The van der Waals surface area contributed by atoms with Gasteiger partial charge in [-0.1, -0.05) is 0 Å². The van der Waals surface area contributed by atoms with E-state index < -0.39 is 0 Å². The maximum absolute atomic E-state index is 4.20. The highest BCUT2D eigenvalue weighted by atomic mass is 15.1. The van der Waals surface area contributed by atoms with Crippen LogP contribution in [0.25, 0.3) is 0 Å². The molecular weight excluding hydrogens is 200 g/mol. The van der Waals surface area contributed by atoms with Gasteiger partial charge in [-0.3, -0.25) is 4.98 Å². The Labute approximate surface area is 97.1 Å². The van der Waals surface area contributed by atoms with E-state index >= 15 is 0 Å². The predicted molar refractivity (Wildman–Crippen MR) is 67.9 cm³/mol. The molecule has 0 aliphatic carbocycles. The van der Waals surface area contributed by atoms with Gasteiger partial charge in [0.1, 0.15) is 0 Å². The average Bonchev–Trinajstić information content (AvgIpc) is 2.32. The third-order valence-corrected chi connectivity index (χ3v) is 3.12. The van der Waals surface area contributed by atoms with Crippen LogP contribution in [0.3, 0.4) is 0 Å². The van der Waals surface area contributed by atoms with E-state index in [0.717, 1.165) is 11.4 Å². The number of hydrogen-bond acceptors (Lipinski definition) is 4. The molecule has 1 aromatic heterocycles. The van der Waals surface area contributed by atoms with Crippen LogP contribution < -0.4 is 10.6 Å². The molecule has 2 rings (SSSR count). The van der Waals surface area contributed by atoms with E-state index in [1.54, 1.807) is 0 Å². The summed E-state index contributed by atoms with van der Waals surface area (Å²) in [5.74, 6) is 0. The van der Waals surface area contributed by atoms with Gasteiger partial charge in [0.25, 0.3) is 0 Å². The monoisotopic (exact) mass is 220 g/mol. The minimum Gasteiger partial charge on any atom is -0.387 e. The van der Waals surface area contributed by atoms with Gasteiger partial charge in [0, 0.05) is 13.1 Å². The van der Waals surface area contributed by atoms with Gasteiger partial charge in [-0.15, -0.1) is 0 Å². The molecule has 1 aliphatic rings. The standard InChI is InChI=1S/C12H20N4/c1-13-11-7-12(9-14-8-11)15-10-3-5-16(2)6-4-10/h7-10,13,15H,3-6H2,1-2H3. The molecule has 1 aromatic rings. The van der Waals surface area contributed by atoms with Gasteiger partial charge in [0.05, 0.1) is 23.8 Å². The van der Waals surface area contributed by atoms with Crippen molar-refractivity contribution in [2.45, 2.75) is 18.9 Å². The van der Waals surface area contributed by atoms with Gasteiger partial charge in [0.15, 0.2) is 0 Å². The average molecular weight is 220 g/mol. The summed E-state index contributed by atoms with van der Waals surface area (Å²) in [7, 11) is 4.09. The summed E-state index contributed by atoms with van der Waals surface area (Å²) in [6, 6.07) is 2.69. The number of likely N-dealkylation sites (tertiary alicyclic amines) is 1. The molecule has 1 saturated heterocycles. The summed E-state index contributed by atoms with van der Waals surface area (Å²) in [4.78, 5) is 6.58. The molecule has 0 unspecified atom stereocenters. The number of hydrogen-bond donors (Lipinski definition) is 2. The number of rotatable bonds is 3. The van der Waals surface area contributed by atoms with Crippen LogP contribution in [-0.2, 0) is 0 Å². The fourth-order valence-corrected chi connectivity index (χ4v) is 2.04. The molecule has 2 N–H and O–H groups in total. The van der Waals surface area contributed by atoms with Crippen molar-refractivity contribution in [3.05, 3.63) is 18.5 Å². The predicted octanol–water partition coefficient (Wildman–Crippen LogP) is 1.63. The normalized spacial score (nSPS) is 18.4. The maximum atomic E-state index is 4.20. The van der Waals surface area contributed by atoms with Gasteiger partial charge in [-0.25, -0.2) is 0 Å².